The van der Waals surface area contributed by atoms with Crippen LogP contribution in [0.25, 0.3) is 6.08 Å². The van der Waals surface area contributed by atoms with Crippen molar-refractivity contribution in [3.05, 3.63) is 60.2 Å². The number of rotatable bonds is 5. The molecule has 1 fully saturated rings. The highest BCUT2D eigenvalue weighted by Crippen LogP contribution is 2.25. The van der Waals surface area contributed by atoms with E-state index in [1.54, 1.807) is 22.7 Å². The van der Waals surface area contributed by atoms with Gasteiger partial charge in [-0.25, -0.2) is 0 Å². The number of nitrogens with one attached hydrogen (secondary N) is 1. The molecule has 0 aliphatic carbocycles. The van der Waals surface area contributed by atoms with Gasteiger partial charge in [0.1, 0.15) is 0 Å². The Hall–Kier alpha value is -2.53. The summed E-state index contributed by atoms with van der Waals surface area (Å²) in [4.78, 5) is 26.7. The van der Waals surface area contributed by atoms with Gasteiger partial charge in [-0.2, -0.15) is 0 Å². The summed E-state index contributed by atoms with van der Waals surface area (Å²) >= 11 is 1.59. The lowest BCUT2D eigenvalue weighted by Crippen LogP contribution is -2.23. The van der Waals surface area contributed by atoms with Gasteiger partial charge in [-0.15, -0.1) is 11.8 Å². The highest BCUT2D eigenvalue weighted by Gasteiger charge is 2.21. The number of amides is 2. The van der Waals surface area contributed by atoms with Crippen LogP contribution in [0.4, 0.5) is 11.4 Å². The van der Waals surface area contributed by atoms with Crippen molar-refractivity contribution in [3.8, 4) is 0 Å². The number of para-hydroxylation sites is 1. The molecule has 0 radical (unpaired) electrons. The van der Waals surface area contributed by atoms with E-state index in [0.717, 1.165) is 34.8 Å². The van der Waals surface area contributed by atoms with Crippen LogP contribution in [0.15, 0.2) is 59.5 Å². The van der Waals surface area contributed by atoms with Gasteiger partial charge in [0.15, 0.2) is 0 Å². The van der Waals surface area contributed by atoms with E-state index in [2.05, 4.69) is 5.32 Å². The van der Waals surface area contributed by atoms with Crippen molar-refractivity contribution in [3.63, 3.8) is 0 Å². The lowest BCUT2D eigenvalue weighted by molar-refractivity contribution is -0.117. The van der Waals surface area contributed by atoms with Crippen LogP contribution in [-0.2, 0) is 9.59 Å². The summed E-state index contributed by atoms with van der Waals surface area (Å²) in [6.07, 6.45) is 6.81. The zero-order chi connectivity index (χ0) is 17.6. The number of benzene rings is 2. The lowest BCUT2D eigenvalue weighted by atomic mass is 10.2. The Morgan fingerprint density at radius 1 is 1.16 bits per heavy atom. The minimum absolute atomic E-state index is 0.166. The van der Waals surface area contributed by atoms with Crippen LogP contribution in [0.3, 0.4) is 0 Å². The predicted molar refractivity (Wildman–Crippen MR) is 104 cm³/mol. The minimum atomic E-state index is -0.166. The van der Waals surface area contributed by atoms with E-state index in [1.165, 1.54) is 6.08 Å². The van der Waals surface area contributed by atoms with Crippen LogP contribution in [0.2, 0.25) is 0 Å². The van der Waals surface area contributed by atoms with Crippen LogP contribution >= 0.6 is 11.8 Å². The van der Waals surface area contributed by atoms with Gasteiger partial charge in [0.2, 0.25) is 11.8 Å². The molecule has 0 aromatic heterocycles. The van der Waals surface area contributed by atoms with E-state index < -0.39 is 0 Å². The zero-order valence-electron chi connectivity index (χ0n) is 14.1. The molecule has 1 aliphatic rings. The van der Waals surface area contributed by atoms with E-state index in [-0.39, 0.29) is 11.8 Å². The first kappa shape index (κ1) is 17.3. The van der Waals surface area contributed by atoms with Crippen LogP contribution in [0.1, 0.15) is 18.4 Å². The molecule has 2 amide bonds. The quantitative estimate of drug-likeness (QED) is 0.648. The first-order chi connectivity index (χ1) is 12.2. The fourth-order valence-corrected chi connectivity index (χ4v) is 3.33. The number of carbonyl (C=O) groups excluding carboxylic acids is 2. The van der Waals surface area contributed by atoms with E-state index >= 15 is 0 Å². The Balaban J connectivity index is 1.63. The molecule has 0 unspecified atom stereocenters. The molecule has 2 aromatic rings. The van der Waals surface area contributed by atoms with Crippen LogP contribution < -0.4 is 10.2 Å². The number of hydrogen-bond donors (Lipinski definition) is 1. The molecule has 3 rings (SSSR count). The van der Waals surface area contributed by atoms with Crippen molar-refractivity contribution < 1.29 is 9.59 Å². The fraction of sp³-hybridized carbons (Fsp3) is 0.200. The summed E-state index contributed by atoms with van der Waals surface area (Å²) in [6.45, 7) is 0.783. The highest BCUT2D eigenvalue weighted by molar-refractivity contribution is 7.98. The number of carbonyl (C=O) groups is 2. The van der Waals surface area contributed by atoms with Gasteiger partial charge in [0, 0.05) is 29.6 Å². The third-order valence-corrected chi connectivity index (χ3v) is 4.87. The smallest absolute Gasteiger partial charge is 0.248 e. The largest absolute Gasteiger partial charge is 0.321 e. The minimum Gasteiger partial charge on any atom is -0.321 e. The molecule has 5 heteroatoms. The van der Waals surface area contributed by atoms with Gasteiger partial charge in [0.05, 0.1) is 5.69 Å². The van der Waals surface area contributed by atoms with Gasteiger partial charge in [-0.3, -0.25) is 9.59 Å². The molecule has 1 heterocycles. The Kier molecular flexibility index (Phi) is 5.56. The van der Waals surface area contributed by atoms with Crippen molar-refractivity contribution in [2.45, 2.75) is 17.7 Å². The van der Waals surface area contributed by atoms with Gasteiger partial charge < -0.3 is 10.2 Å². The molecule has 0 spiro atoms. The summed E-state index contributed by atoms with van der Waals surface area (Å²) in [5, 5.41) is 2.89. The average Bonchev–Trinajstić information content (AvgIpc) is 3.07. The van der Waals surface area contributed by atoms with Crippen molar-refractivity contribution >= 4 is 41.0 Å². The summed E-state index contributed by atoms with van der Waals surface area (Å²) in [5.74, 6) is 0.00965. The maximum absolute atomic E-state index is 12.1. The van der Waals surface area contributed by atoms with Crippen LogP contribution in [0, 0.1) is 0 Å². The number of nitrogens with zero attached hydrogens (tertiary/aromatic N) is 1. The van der Waals surface area contributed by atoms with E-state index in [9.17, 15) is 9.59 Å². The molecule has 1 saturated heterocycles. The number of anilines is 2. The Morgan fingerprint density at radius 3 is 2.60 bits per heavy atom. The molecule has 0 atom stereocenters. The van der Waals surface area contributed by atoms with Crippen molar-refractivity contribution in [1.29, 1.82) is 0 Å². The molecule has 2 aromatic carbocycles. The van der Waals surface area contributed by atoms with E-state index in [0.29, 0.717) is 6.42 Å². The molecule has 0 bridgehead atoms. The van der Waals surface area contributed by atoms with Gasteiger partial charge >= 0.3 is 0 Å². The SMILES string of the molecule is CSc1ccccc1NC(=O)/C=C/c1ccc(N2CCCC2=O)cc1. The molecule has 128 valence electrons. The molecular weight excluding hydrogens is 332 g/mol. The second kappa shape index (κ2) is 8.03. The van der Waals surface area contributed by atoms with Crippen LogP contribution in [-0.4, -0.2) is 24.6 Å². The zero-order valence-corrected chi connectivity index (χ0v) is 14.9. The van der Waals surface area contributed by atoms with Gasteiger partial charge in [-0.1, -0.05) is 24.3 Å². The van der Waals surface area contributed by atoms with Crippen LogP contribution in [0.5, 0.6) is 0 Å². The molecule has 1 aliphatic heterocycles. The monoisotopic (exact) mass is 352 g/mol. The third kappa shape index (κ3) is 4.31. The predicted octanol–water partition coefficient (Wildman–Crippen LogP) is 4.19. The highest BCUT2D eigenvalue weighted by atomic mass is 32.2. The second-order valence-corrected chi connectivity index (χ2v) is 6.61. The molecule has 1 N–H and O–H groups in total. The first-order valence-corrected chi connectivity index (χ1v) is 9.42. The van der Waals surface area contributed by atoms with Gasteiger partial charge in [-0.05, 0) is 48.6 Å². The maximum Gasteiger partial charge on any atom is 0.248 e. The summed E-state index contributed by atoms with van der Waals surface area (Å²) in [5.41, 5.74) is 2.65. The lowest BCUT2D eigenvalue weighted by Gasteiger charge is -2.15. The fourth-order valence-electron chi connectivity index (χ4n) is 2.78. The molecule has 0 saturated carbocycles. The van der Waals surface area contributed by atoms with Gasteiger partial charge in [0.25, 0.3) is 0 Å². The second-order valence-electron chi connectivity index (χ2n) is 5.76. The summed E-state index contributed by atoms with van der Waals surface area (Å²) in [6, 6.07) is 15.4. The van der Waals surface area contributed by atoms with Crippen molar-refractivity contribution in [2.75, 3.05) is 23.0 Å². The Bertz CT molecular complexity index is 800. The topological polar surface area (TPSA) is 49.4 Å². The summed E-state index contributed by atoms with van der Waals surface area (Å²) < 4.78 is 0. The Morgan fingerprint density at radius 2 is 1.92 bits per heavy atom. The van der Waals surface area contributed by atoms with E-state index in [4.69, 9.17) is 0 Å². The maximum atomic E-state index is 12.1. The number of thioether (sulfide) groups is 1. The standard InChI is InChI=1S/C20H20N2O2S/c1-25-18-6-3-2-5-17(18)21-19(23)13-10-15-8-11-16(12-9-15)22-14-4-7-20(22)24/h2-3,5-6,8-13H,4,7,14H2,1H3,(H,21,23)/b13-10+. The molecule has 4 nitrogen and oxygen atoms in total. The average molecular weight is 352 g/mol. The number of hydrogen-bond acceptors (Lipinski definition) is 3. The van der Waals surface area contributed by atoms with Crippen molar-refractivity contribution in [2.24, 2.45) is 0 Å². The normalized spacial score (nSPS) is 14.3. The molecule has 25 heavy (non-hydrogen) atoms. The van der Waals surface area contributed by atoms with E-state index in [1.807, 2.05) is 54.8 Å². The molecular formula is C20H20N2O2S. The first-order valence-electron chi connectivity index (χ1n) is 8.20. The van der Waals surface area contributed by atoms with Crippen molar-refractivity contribution in [1.82, 2.24) is 0 Å². The summed E-state index contributed by atoms with van der Waals surface area (Å²) in [7, 11) is 0. The third-order valence-electron chi connectivity index (χ3n) is 4.07. The Labute approximate surface area is 151 Å².